The van der Waals surface area contributed by atoms with Gasteiger partial charge in [0.2, 0.25) is 0 Å². The summed E-state index contributed by atoms with van der Waals surface area (Å²) in [5.74, 6) is -2.19. The van der Waals surface area contributed by atoms with Crippen molar-refractivity contribution in [2.45, 2.75) is 31.3 Å². The van der Waals surface area contributed by atoms with Crippen molar-refractivity contribution in [3.63, 3.8) is 0 Å². The van der Waals surface area contributed by atoms with Gasteiger partial charge in [0.05, 0.1) is 11.6 Å². The van der Waals surface area contributed by atoms with Crippen LogP contribution in [0.25, 0.3) is 22.3 Å². The number of amides is 1. The normalized spacial score (nSPS) is 14.5. The Bertz CT molecular complexity index is 1580. The zero-order valence-electron chi connectivity index (χ0n) is 21.0. The Balaban J connectivity index is 1.38. The number of carbonyl (C=O) groups excluding carboxylic acids is 1. The highest BCUT2D eigenvalue weighted by molar-refractivity contribution is 6.31. The third-order valence-electron chi connectivity index (χ3n) is 7.04. The number of aromatic nitrogens is 2. The summed E-state index contributed by atoms with van der Waals surface area (Å²) < 4.78 is 37.4. The fourth-order valence-corrected chi connectivity index (χ4v) is 4.92. The van der Waals surface area contributed by atoms with Crippen LogP contribution in [0.5, 0.6) is 0 Å². The number of nitrogens with zero attached hydrogens (tertiary/aromatic N) is 2. The van der Waals surface area contributed by atoms with E-state index in [1.165, 1.54) is 10.9 Å². The van der Waals surface area contributed by atoms with Crippen molar-refractivity contribution in [3.8, 4) is 22.3 Å². The molecule has 1 aliphatic rings. The predicted octanol–water partition coefficient (Wildman–Crippen LogP) is 7.11. The molecule has 1 aliphatic carbocycles. The van der Waals surface area contributed by atoms with Crippen molar-refractivity contribution in [2.75, 3.05) is 5.32 Å². The van der Waals surface area contributed by atoms with Gasteiger partial charge in [-0.1, -0.05) is 54.1 Å². The summed E-state index contributed by atoms with van der Waals surface area (Å²) in [7, 11) is 1.55. The highest BCUT2D eigenvalue weighted by atomic mass is 35.5. The van der Waals surface area contributed by atoms with Crippen LogP contribution in [0.3, 0.4) is 0 Å². The highest BCUT2D eigenvalue weighted by Gasteiger charge is 2.51. The minimum atomic E-state index is -0.889. The second-order valence-electron chi connectivity index (χ2n) is 9.50. The third kappa shape index (κ3) is 4.97. The Labute approximate surface area is 228 Å². The lowest BCUT2D eigenvalue weighted by atomic mass is 9.93. The summed E-state index contributed by atoms with van der Waals surface area (Å²) in [4.78, 5) is 24.2. The van der Waals surface area contributed by atoms with E-state index >= 15 is 8.78 Å². The maximum atomic E-state index is 15.3. The first-order chi connectivity index (χ1) is 18.6. The molecule has 1 heterocycles. The molecule has 0 unspecified atom stereocenters. The van der Waals surface area contributed by atoms with Crippen molar-refractivity contribution in [1.82, 2.24) is 9.78 Å². The first-order valence-electron chi connectivity index (χ1n) is 12.2. The number of hydrogen-bond donors (Lipinski definition) is 2. The van der Waals surface area contributed by atoms with E-state index in [2.05, 4.69) is 10.4 Å². The van der Waals surface area contributed by atoms with Crippen LogP contribution in [0.15, 0.2) is 66.9 Å². The molecule has 7 nitrogen and oxygen atoms in total. The van der Waals surface area contributed by atoms with Gasteiger partial charge in [0.15, 0.2) is 0 Å². The fraction of sp³-hybridized carbons (Fsp3) is 0.207. The maximum Gasteiger partial charge on any atom is 0.413 e. The van der Waals surface area contributed by atoms with Crippen LogP contribution >= 0.6 is 11.6 Å². The molecule has 3 aromatic carbocycles. The van der Waals surface area contributed by atoms with Gasteiger partial charge in [-0.2, -0.15) is 5.10 Å². The molecule has 0 saturated heterocycles. The van der Waals surface area contributed by atoms with Gasteiger partial charge in [-0.05, 0) is 49.1 Å². The summed E-state index contributed by atoms with van der Waals surface area (Å²) in [6.07, 6.45) is 0.932. The predicted molar refractivity (Wildman–Crippen MR) is 143 cm³/mol. The van der Waals surface area contributed by atoms with Gasteiger partial charge >= 0.3 is 12.1 Å². The number of carboxylic acids is 1. The fourth-order valence-electron chi connectivity index (χ4n) is 4.63. The number of anilines is 1. The van der Waals surface area contributed by atoms with E-state index in [1.807, 2.05) is 0 Å². The first-order valence-corrected chi connectivity index (χ1v) is 12.6. The second-order valence-corrected chi connectivity index (χ2v) is 9.91. The number of benzene rings is 3. The molecule has 1 atom stereocenters. The van der Waals surface area contributed by atoms with Crippen LogP contribution < -0.4 is 5.32 Å². The number of ether oxygens (including phenoxy) is 1. The van der Waals surface area contributed by atoms with Crippen LogP contribution in [0.1, 0.15) is 37.0 Å². The van der Waals surface area contributed by atoms with Gasteiger partial charge < -0.3 is 9.84 Å². The summed E-state index contributed by atoms with van der Waals surface area (Å²) >= 11 is 6.18. The number of hydrogen-bond acceptors (Lipinski definition) is 4. The minimum absolute atomic E-state index is 0.0225. The molecule has 1 fully saturated rings. The van der Waals surface area contributed by atoms with E-state index in [-0.39, 0.29) is 22.5 Å². The van der Waals surface area contributed by atoms with Crippen LogP contribution in [-0.4, -0.2) is 26.9 Å². The molecule has 0 radical (unpaired) electrons. The molecule has 0 aliphatic heterocycles. The lowest BCUT2D eigenvalue weighted by molar-refractivity contribution is -0.140. The van der Waals surface area contributed by atoms with Crippen molar-refractivity contribution in [2.24, 2.45) is 7.05 Å². The van der Waals surface area contributed by atoms with E-state index in [0.29, 0.717) is 34.6 Å². The highest BCUT2D eigenvalue weighted by Crippen LogP contribution is 2.48. The number of carbonyl (C=O) groups is 2. The van der Waals surface area contributed by atoms with Gasteiger partial charge in [0.25, 0.3) is 0 Å². The van der Waals surface area contributed by atoms with E-state index in [0.717, 1.165) is 12.1 Å². The van der Waals surface area contributed by atoms with E-state index in [1.54, 1.807) is 62.5 Å². The molecule has 0 spiro atoms. The number of rotatable bonds is 7. The molecule has 1 amide bonds. The first kappa shape index (κ1) is 26.4. The molecule has 0 bridgehead atoms. The van der Waals surface area contributed by atoms with Gasteiger partial charge in [-0.3, -0.25) is 14.8 Å². The molecule has 4 aromatic rings. The SMILES string of the molecule is C[C@@H](OC(=O)Nc1c(-c2cc(F)c(-c3ccc(C4(C(=O)O)CC4)cc3)cc2F)cnn1C)c1ccccc1Cl. The standard InChI is InChI=1S/C29H24ClF2N3O4/c1-16(19-5-3-4-6-23(19)30)39-28(38)34-26-22(15-33-35(26)2)21-14-24(31)20(13-25(21)32)17-7-9-18(10-8-17)29(11-12-29)27(36)37/h3-10,13-16H,11-12H2,1-2H3,(H,34,38)(H,36,37)/t16-/m1/s1. The Hall–Kier alpha value is -4.24. The summed E-state index contributed by atoms with van der Waals surface area (Å²) in [6.45, 7) is 1.66. The smallest absolute Gasteiger partial charge is 0.413 e. The largest absolute Gasteiger partial charge is 0.481 e. The minimum Gasteiger partial charge on any atom is -0.481 e. The molecule has 1 aromatic heterocycles. The zero-order valence-corrected chi connectivity index (χ0v) is 21.8. The molecular formula is C29H24ClF2N3O4. The molecule has 2 N–H and O–H groups in total. The second kappa shape index (κ2) is 10.1. The quantitative estimate of drug-likeness (QED) is 0.255. The third-order valence-corrected chi connectivity index (χ3v) is 7.39. The maximum absolute atomic E-state index is 15.3. The van der Waals surface area contributed by atoms with Crippen molar-refractivity contribution >= 4 is 29.5 Å². The monoisotopic (exact) mass is 551 g/mol. The van der Waals surface area contributed by atoms with Gasteiger partial charge in [0.1, 0.15) is 23.6 Å². The number of carboxylic acid groups (broad SMARTS) is 1. The Morgan fingerprint density at radius 1 is 1.05 bits per heavy atom. The van der Waals surface area contributed by atoms with Gasteiger partial charge in [-0.25, -0.2) is 13.6 Å². The molecule has 5 rings (SSSR count). The van der Waals surface area contributed by atoms with Gasteiger partial charge in [-0.15, -0.1) is 0 Å². The Morgan fingerprint density at radius 2 is 1.69 bits per heavy atom. The summed E-state index contributed by atoms with van der Waals surface area (Å²) in [6, 6.07) is 15.5. The van der Waals surface area contributed by atoms with Gasteiger partial charge in [0, 0.05) is 34.3 Å². The molecule has 1 saturated carbocycles. The molecule has 10 heteroatoms. The summed E-state index contributed by atoms with van der Waals surface area (Å²) in [5.41, 5.74) is 0.861. The number of halogens is 3. The topological polar surface area (TPSA) is 93.4 Å². The molecule has 200 valence electrons. The zero-order chi connectivity index (χ0) is 27.9. The van der Waals surface area contributed by atoms with E-state index < -0.39 is 35.2 Å². The molecular weight excluding hydrogens is 528 g/mol. The van der Waals surface area contributed by atoms with Crippen molar-refractivity contribution in [3.05, 3.63) is 94.6 Å². The average Bonchev–Trinajstić information content (AvgIpc) is 3.65. The number of nitrogens with one attached hydrogen (secondary N) is 1. The lowest BCUT2D eigenvalue weighted by Gasteiger charge is -2.16. The average molecular weight is 552 g/mol. The van der Waals surface area contributed by atoms with Crippen molar-refractivity contribution in [1.29, 1.82) is 0 Å². The van der Waals surface area contributed by atoms with Crippen LogP contribution in [0.4, 0.5) is 19.4 Å². The van der Waals surface area contributed by atoms with E-state index in [4.69, 9.17) is 16.3 Å². The molecule has 39 heavy (non-hydrogen) atoms. The number of aliphatic carboxylic acids is 1. The Morgan fingerprint density at radius 3 is 2.33 bits per heavy atom. The van der Waals surface area contributed by atoms with Crippen LogP contribution in [0.2, 0.25) is 5.02 Å². The summed E-state index contributed by atoms with van der Waals surface area (Å²) in [5, 5.41) is 16.6. The van der Waals surface area contributed by atoms with Crippen molar-refractivity contribution < 1.29 is 28.2 Å². The lowest BCUT2D eigenvalue weighted by Crippen LogP contribution is -2.19. The number of aryl methyl sites for hydroxylation is 1. The Kier molecular flexibility index (Phi) is 6.86. The van der Waals surface area contributed by atoms with Crippen LogP contribution in [0, 0.1) is 11.6 Å². The van der Waals surface area contributed by atoms with E-state index in [9.17, 15) is 14.7 Å². The van der Waals surface area contributed by atoms with Crippen LogP contribution in [-0.2, 0) is 22.0 Å².